The van der Waals surface area contributed by atoms with Gasteiger partial charge in [0.15, 0.2) is 0 Å². The van der Waals surface area contributed by atoms with Crippen molar-refractivity contribution in [2.45, 2.75) is 58.5 Å². The van der Waals surface area contributed by atoms with Gasteiger partial charge in [-0.3, -0.25) is 9.48 Å². The summed E-state index contributed by atoms with van der Waals surface area (Å²) >= 11 is 0. The van der Waals surface area contributed by atoms with E-state index in [-0.39, 0.29) is 5.56 Å². The molecule has 0 saturated heterocycles. The zero-order valence-corrected chi connectivity index (χ0v) is 10.2. The van der Waals surface area contributed by atoms with E-state index in [1.165, 1.54) is 12.8 Å². The number of hydrogen-bond donors (Lipinski definition) is 1. The van der Waals surface area contributed by atoms with Crippen molar-refractivity contribution in [1.29, 1.82) is 0 Å². The summed E-state index contributed by atoms with van der Waals surface area (Å²) in [5.41, 5.74) is 7.22. The molecule has 2 N–H and O–H groups in total. The Balaban J connectivity index is 2.48. The molecule has 0 aliphatic heterocycles. The quantitative estimate of drug-likeness (QED) is 0.852. The summed E-state index contributed by atoms with van der Waals surface area (Å²) in [4.78, 5) is 12.1. The number of nitrogens with zero attached hydrogens (tertiary/aromatic N) is 2. The fourth-order valence-corrected chi connectivity index (χ4v) is 2.69. The highest BCUT2D eigenvalue weighted by Gasteiger charge is 2.23. The predicted molar refractivity (Wildman–Crippen MR) is 65.6 cm³/mol. The molecule has 1 fully saturated rings. The minimum atomic E-state index is 0.0119. The molecule has 90 valence electrons. The first-order chi connectivity index (χ1) is 7.66. The number of hydrogen-bond acceptors (Lipinski definition) is 2. The van der Waals surface area contributed by atoms with Gasteiger partial charge in [0.2, 0.25) is 0 Å². The van der Waals surface area contributed by atoms with Crippen LogP contribution >= 0.6 is 0 Å². The standard InChI is InChI=1S/C12H21N3O/c1-3-8-14-9(2)11(13)12(16)15(14)10-6-4-5-7-10/h10H,3-8,13H2,1-2H3. The molecule has 1 aliphatic rings. The molecule has 0 bridgehead atoms. The van der Waals surface area contributed by atoms with E-state index in [2.05, 4.69) is 11.6 Å². The molecule has 4 nitrogen and oxygen atoms in total. The van der Waals surface area contributed by atoms with Crippen molar-refractivity contribution in [3.05, 3.63) is 16.0 Å². The van der Waals surface area contributed by atoms with Gasteiger partial charge in [0, 0.05) is 6.54 Å². The van der Waals surface area contributed by atoms with Crippen molar-refractivity contribution >= 4 is 5.69 Å². The molecular formula is C12H21N3O. The number of aromatic nitrogens is 2. The van der Waals surface area contributed by atoms with Crippen LogP contribution in [0.2, 0.25) is 0 Å². The van der Waals surface area contributed by atoms with Crippen molar-refractivity contribution in [2.24, 2.45) is 0 Å². The van der Waals surface area contributed by atoms with Crippen LogP contribution in [-0.2, 0) is 6.54 Å². The zero-order chi connectivity index (χ0) is 11.7. The number of anilines is 1. The Kier molecular flexibility index (Phi) is 3.08. The normalized spacial score (nSPS) is 17.1. The van der Waals surface area contributed by atoms with Crippen LogP contribution in [0.5, 0.6) is 0 Å². The number of rotatable bonds is 3. The Morgan fingerprint density at radius 3 is 2.56 bits per heavy atom. The van der Waals surface area contributed by atoms with Gasteiger partial charge < -0.3 is 5.73 Å². The highest BCUT2D eigenvalue weighted by molar-refractivity contribution is 5.40. The molecule has 0 aromatic carbocycles. The average molecular weight is 223 g/mol. The molecule has 0 amide bonds. The van der Waals surface area contributed by atoms with Crippen molar-refractivity contribution in [2.75, 3.05) is 5.73 Å². The smallest absolute Gasteiger partial charge is 0.290 e. The van der Waals surface area contributed by atoms with Crippen LogP contribution in [0.4, 0.5) is 5.69 Å². The molecule has 16 heavy (non-hydrogen) atoms. The molecule has 1 saturated carbocycles. The lowest BCUT2D eigenvalue weighted by atomic mass is 10.2. The van der Waals surface area contributed by atoms with E-state index in [9.17, 15) is 4.79 Å². The van der Waals surface area contributed by atoms with Crippen LogP contribution in [0.1, 0.15) is 50.8 Å². The fraction of sp³-hybridized carbons (Fsp3) is 0.750. The molecule has 1 aromatic rings. The van der Waals surface area contributed by atoms with E-state index in [1.54, 1.807) is 0 Å². The summed E-state index contributed by atoms with van der Waals surface area (Å²) in [5, 5.41) is 0. The lowest BCUT2D eigenvalue weighted by Gasteiger charge is -2.17. The number of nitrogen functional groups attached to an aromatic ring is 1. The summed E-state index contributed by atoms with van der Waals surface area (Å²) in [6.45, 7) is 4.95. The monoisotopic (exact) mass is 223 g/mol. The maximum absolute atomic E-state index is 12.1. The highest BCUT2D eigenvalue weighted by Crippen LogP contribution is 2.29. The van der Waals surface area contributed by atoms with Gasteiger partial charge in [-0.25, -0.2) is 4.68 Å². The van der Waals surface area contributed by atoms with E-state index in [1.807, 2.05) is 11.6 Å². The molecule has 1 aromatic heterocycles. The van der Waals surface area contributed by atoms with E-state index in [4.69, 9.17) is 5.73 Å². The SMILES string of the molecule is CCCn1c(C)c(N)c(=O)n1C1CCCC1. The zero-order valence-electron chi connectivity index (χ0n) is 10.2. The Bertz CT molecular complexity index is 424. The molecule has 0 radical (unpaired) electrons. The van der Waals surface area contributed by atoms with Crippen LogP contribution in [-0.4, -0.2) is 9.36 Å². The Hall–Kier alpha value is -1.19. The second kappa shape index (κ2) is 4.36. The van der Waals surface area contributed by atoms with Crippen molar-refractivity contribution in [1.82, 2.24) is 9.36 Å². The third-order valence-electron chi connectivity index (χ3n) is 3.58. The minimum Gasteiger partial charge on any atom is -0.393 e. The summed E-state index contributed by atoms with van der Waals surface area (Å²) < 4.78 is 3.98. The van der Waals surface area contributed by atoms with Crippen molar-refractivity contribution < 1.29 is 0 Å². The first-order valence-electron chi connectivity index (χ1n) is 6.24. The Morgan fingerprint density at radius 2 is 2.00 bits per heavy atom. The summed E-state index contributed by atoms with van der Waals surface area (Å²) in [6.07, 6.45) is 5.72. The molecule has 2 rings (SSSR count). The third kappa shape index (κ3) is 1.66. The molecule has 0 atom stereocenters. The van der Waals surface area contributed by atoms with Crippen molar-refractivity contribution in [3.63, 3.8) is 0 Å². The largest absolute Gasteiger partial charge is 0.393 e. The van der Waals surface area contributed by atoms with Crippen LogP contribution in [0.15, 0.2) is 4.79 Å². The average Bonchev–Trinajstić information content (AvgIpc) is 2.85. The molecule has 0 unspecified atom stereocenters. The van der Waals surface area contributed by atoms with Gasteiger partial charge in [0.25, 0.3) is 5.56 Å². The lowest BCUT2D eigenvalue weighted by Crippen LogP contribution is -2.27. The fourth-order valence-electron chi connectivity index (χ4n) is 2.69. The summed E-state index contributed by atoms with van der Waals surface area (Å²) in [6, 6.07) is 0.370. The maximum atomic E-state index is 12.1. The van der Waals surface area contributed by atoms with Gasteiger partial charge in [0.1, 0.15) is 5.69 Å². The first kappa shape index (κ1) is 11.3. The van der Waals surface area contributed by atoms with Gasteiger partial charge in [-0.1, -0.05) is 19.8 Å². The van der Waals surface area contributed by atoms with Crippen LogP contribution in [0.3, 0.4) is 0 Å². The van der Waals surface area contributed by atoms with Crippen molar-refractivity contribution in [3.8, 4) is 0 Å². The molecule has 1 aliphatic carbocycles. The molecular weight excluding hydrogens is 202 g/mol. The van der Waals surface area contributed by atoms with Gasteiger partial charge in [-0.15, -0.1) is 0 Å². The first-order valence-corrected chi connectivity index (χ1v) is 6.24. The van der Waals surface area contributed by atoms with Gasteiger partial charge in [-0.05, 0) is 26.2 Å². The van der Waals surface area contributed by atoms with Gasteiger partial charge in [0.05, 0.1) is 11.7 Å². The molecule has 4 heteroatoms. The van der Waals surface area contributed by atoms with Crippen LogP contribution in [0, 0.1) is 6.92 Å². The Labute approximate surface area is 96.0 Å². The van der Waals surface area contributed by atoms with Gasteiger partial charge >= 0.3 is 0 Å². The topological polar surface area (TPSA) is 52.9 Å². The third-order valence-corrected chi connectivity index (χ3v) is 3.58. The predicted octanol–water partition coefficient (Wildman–Crippen LogP) is 2.07. The van der Waals surface area contributed by atoms with E-state index in [0.717, 1.165) is 31.5 Å². The second-order valence-corrected chi connectivity index (χ2v) is 4.71. The van der Waals surface area contributed by atoms with Crippen LogP contribution in [0.25, 0.3) is 0 Å². The lowest BCUT2D eigenvalue weighted by molar-refractivity contribution is 0.358. The highest BCUT2D eigenvalue weighted by atomic mass is 16.1. The Morgan fingerprint density at radius 1 is 1.38 bits per heavy atom. The maximum Gasteiger partial charge on any atom is 0.290 e. The van der Waals surface area contributed by atoms with E-state index in [0.29, 0.717) is 11.7 Å². The summed E-state index contributed by atoms with van der Waals surface area (Å²) in [5.74, 6) is 0. The number of nitrogens with two attached hydrogens (primary N) is 1. The summed E-state index contributed by atoms with van der Waals surface area (Å²) in [7, 11) is 0. The van der Waals surface area contributed by atoms with Gasteiger partial charge in [-0.2, -0.15) is 0 Å². The van der Waals surface area contributed by atoms with E-state index < -0.39 is 0 Å². The molecule has 1 heterocycles. The van der Waals surface area contributed by atoms with Crippen LogP contribution < -0.4 is 11.3 Å². The second-order valence-electron chi connectivity index (χ2n) is 4.71. The minimum absolute atomic E-state index is 0.0119. The van der Waals surface area contributed by atoms with E-state index >= 15 is 0 Å². The molecule has 0 spiro atoms.